The van der Waals surface area contributed by atoms with Gasteiger partial charge in [-0.05, 0) is 18.4 Å². The van der Waals surface area contributed by atoms with Gasteiger partial charge in [-0.15, -0.1) is 11.3 Å². The fourth-order valence-electron chi connectivity index (χ4n) is 2.69. The lowest BCUT2D eigenvalue weighted by Crippen LogP contribution is -2.35. The van der Waals surface area contributed by atoms with Crippen LogP contribution in [0, 0.1) is 0 Å². The van der Waals surface area contributed by atoms with Gasteiger partial charge in [0, 0.05) is 31.0 Å². The zero-order valence-corrected chi connectivity index (χ0v) is 15.2. The summed E-state index contributed by atoms with van der Waals surface area (Å²) in [6.45, 7) is 2.05. The minimum atomic E-state index is -0.274. The van der Waals surface area contributed by atoms with Gasteiger partial charge in [-0.25, -0.2) is 4.98 Å². The van der Waals surface area contributed by atoms with E-state index in [0.717, 1.165) is 0 Å². The second-order valence-corrected chi connectivity index (χ2v) is 6.99. The number of thiophene rings is 1. The number of nitrogens with zero attached hydrogens (tertiary/aromatic N) is 2. The third-order valence-corrected chi connectivity index (χ3v) is 4.85. The molecule has 2 heterocycles. The molecule has 7 heteroatoms. The van der Waals surface area contributed by atoms with Crippen LogP contribution in [0.4, 0.5) is 0 Å². The minimum absolute atomic E-state index is 0.0123. The fraction of sp³-hybridized carbons (Fsp3) is 0.263. The summed E-state index contributed by atoms with van der Waals surface area (Å²) in [6.07, 6.45) is 1.86. The van der Waals surface area contributed by atoms with E-state index in [-0.39, 0.29) is 42.7 Å². The highest BCUT2D eigenvalue weighted by molar-refractivity contribution is 7.16. The van der Waals surface area contributed by atoms with E-state index >= 15 is 0 Å². The summed E-state index contributed by atoms with van der Waals surface area (Å²) < 4.78 is 1.44. The molecular formula is C19H19N3O3S. The smallest absolute Gasteiger partial charge is 0.262 e. The summed E-state index contributed by atoms with van der Waals surface area (Å²) >= 11 is 1.41. The number of ketones is 1. The van der Waals surface area contributed by atoms with Crippen molar-refractivity contribution in [1.29, 1.82) is 0 Å². The number of amides is 1. The second kappa shape index (κ2) is 8.05. The molecule has 0 unspecified atom stereocenters. The van der Waals surface area contributed by atoms with E-state index in [1.807, 2.05) is 23.6 Å². The van der Waals surface area contributed by atoms with Crippen LogP contribution in [-0.4, -0.2) is 27.3 Å². The number of carbonyl (C=O) groups excluding carboxylic acids is 2. The Kier molecular flexibility index (Phi) is 5.58. The number of aryl methyl sites for hydroxylation is 1. The quantitative estimate of drug-likeness (QED) is 0.649. The summed E-state index contributed by atoms with van der Waals surface area (Å²) in [5.74, 6) is -0.211. The van der Waals surface area contributed by atoms with Gasteiger partial charge in [-0.1, -0.05) is 30.3 Å². The molecule has 0 aliphatic rings. The predicted octanol–water partition coefficient (Wildman–Crippen LogP) is 2.63. The number of nitrogens with one attached hydrogen (secondary N) is 1. The highest BCUT2D eigenvalue weighted by Crippen LogP contribution is 2.13. The molecule has 0 saturated carbocycles. The van der Waals surface area contributed by atoms with Gasteiger partial charge in [0.25, 0.3) is 5.56 Å². The summed E-state index contributed by atoms with van der Waals surface area (Å²) in [5.41, 5.74) is 0.492. The Bertz CT molecular complexity index is 978. The molecular weight excluding hydrogens is 350 g/mol. The van der Waals surface area contributed by atoms with Crippen LogP contribution >= 0.6 is 11.3 Å². The van der Waals surface area contributed by atoms with Gasteiger partial charge in [0.2, 0.25) is 5.91 Å². The van der Waals surface area contributed by atoms with Gasteiger partial charge in [0.05, 0.1) is 11.7 Å². The van der Waals surface area contributed by atoms with Crippen LogP contribution in [0.3, 0.4) is 0 Å². The maximum atomic E-state index is 12.3. The third kappa shape index (κ3) is 4.23. The summed E-state index contributed by atoms with van der Waals surface area (Å²) in [4.78, 5) is 41.5. The van der Waals surface area contributed by atoms with Crippen molar-refractivity contribution in [2.45, 2.75) is 32.4 Å². The van der Waals surface area contributed by atoms with E-state index in [0.29, 0.717) is 15.8 Å². The maximum absolute atomic E-state index is 12.3. The highest BCUT2D eigenvalue weighted by atomic mass is 32.1. The zero-order chi connectivity index (χ0) is 18.5. The molecule has 1 aromatic carbocycles. The molecule has 0 aliphatic heterocycles. The lowest BCUT2D eigenvalue weighted by Gasteiger charge is -2.13. The molecule has 6 nitrogen and oxygen atoms in total. The Hall–Kier alpha value is -2.80. The van der Waals surface area contributed by atoms with Crippen molar-refractivity contribution in [3.05, 3.63) is 64.0 Å². The summed E-state index contributed by atoms with van der Waals surface area (Å²) in [7, 11) is 0. The topological polar surface area (TPSA) is 81.1 Å². The zero-order valence-electron chi connectivity index (χ0n) is 14.3. The molecule has 0 saturated heterocycles. The number of hydrogen-bond acceptors (Lipinski definition) is 5. The van der Waals surface area contributed by atoms with Crippen molar-refractivity contribution >= 4 is 33.2 Å². The molecule has 134 valence electrons. The van der Waals surface area contributed by atoms with E-state index in [9.17, 15) is 14.4 Å². The van der Waals surface area contributed by atoms with Crippen LogP contribution in [0.25, 0.3) is 10.2 Å². The molecule has 2 aromatic heterocycles. The van der Waals surface area contributed by atoms with Crippen LogP contribution in [0.2, 0.25) is 0 Å². The van der Waals surface area contributed by atoms with Crippen LogP contribution < -0.4 is 10.9 Å². The van der Waals surface area contributed by atoms with Gasteiger partial charge >= 0.3 is 0 Å². The summed E-state index contributed by atoms with van der Waals surface area (Å²) in [6, 6.07) is 10.5. The fourth-order valence-corrected chi connectivity index (χ4v) is 3.42. The minimum Gasteiger partial charge on any atom is -0.353 e. The van der Waals surface area contributed by atoms with Crippen LogP contribution in [0.15, 0.2) is 52.9 Å². The van der Waals surface area contributed by atoms with Crippen molar-refractivity contribution in [3.8, 4) is 0 Å². The number of rotatable bonds is 7. The summed E-state index contributed by atoms with van der Waals surface area (Å²) in [5, 5.41) is 5.20. The van der Waals surface area contributed by atoms with Gasteiger partial charge in [-0.3, -0.25) is 19.0 Å². The highest BCUT2D eigenvalue weighted by Gasteiger charge is 2.14. The van der Waals surface area contributed by atoms with Crippen molar-refractivity contribution in [3.63, 3.8) is 0 Å². The molecule has 1 atom stereocenters. The van der Waals surface area contributed by atoms with Crippen molar-refractivity contribution in [1.82, 2.24) is 14.9 Å². The first kappa shape index (κ1) is 18.0. The largest absolute Gasteiger partial charge is 0.353 e. The van der Waals surface area contributed by atoms with E-state index in [4.69, 9.17) is 0 Å². The van der Waals surface area contributed by atoms with E-state index in [1.165, 1.54) is 22.2 Å². The van der Waals surface area contributed by atoms with Gasteiger partial charge < -0.3 is 5.32 Å². The molecule has 3 rings (SSSR count). The first-order valence-electron chi connectivity index (χ1n) is 8.35. The Morgan fingerprint density at radius 3 is 2.77 bits per heavy atom. The maximum Gasteiger partial charge on any atom is 0.262 e. The number of aromatic nitrogens is 2. The Balaban J connectivity index is 1.52. The molecule has 0 bridgehead atoms. The van der Waals surface area contributed by atoms with Crippen LogP contribution in [0.1, 0.15) is 30.1 Å². The first-order valence-corrected chi connectivity index (χ1v) is 9.23. The van der Waals surface area contributed by atoms with Crippen molar-refractivity contribution < 1.29 is 9.59 Å². The Morgan fingerprint density at radius 1 is 1.23 bits per heavy atom. The monoisotopic (exact) mass is 369 g/mol. The molecule has 0 fully saturated rings. The average Bonchev–Trinajstić information content (AvgIpc) is 3.11. The van der Waals surface area contributed by atoms with Gasteiger partial charge in [0.1, 0.15) is 4.83 Å². The number of fused-ring (bicyclic) bond motifs is 1. The second-order valence-electron chi connectivity index (χ2n) is 6.09. The predicted molar refractivity (Wildman–Crippen MR) is 101 cm³/mol. The normalized spacial score (nSPS) is 12.0. The molecule has 0 radical (unpaired) electrons. The standard InChI is InChI=1S/C19H19N3O3S/c1-13(11-16(23)14-5-3-2-4-6-14)21-17(24)7-9-22-12-20-18-15(19(22)25)8-10-26-18/h2-6,8,10,12-13H,7,9,11H2,1H3,(H,21,24)/t13-/m1/s1. The number of benzene rings is 1. The van der Waals surface area contributed by atoms with E-state index in [1.54, 1.807) is 25.1 Å². The molecule has 26 heavy (non-hydrogen) atoms. The van der Waals surface area contributed by atoms with Crippen LogP contribution in [-0.2, 0) is 11.3 Å². The SMILES string of the molecule is C[C@H](CC(=O)c1ccccc1)NC(=O)CCn1cnc2sccc2c1=O. The first-order chi connectivity index (χ1) is 12.5. The Morgan fingerprint density at radius 2 is 2.00 bits per heavy atom. The number of carbonyl (C=O) groups is 2. The molecule has 1 amide bonds. The molecule has 3 aromatic rings. The van der Waals surface area contributed by atoms with Crippen LogP contribution in [0.5, 0.6) is 0 Å². The van der Waals surface area contributed by atoms with E-state index in [2.05, 4.69) is 10.3 Å². The van der Waals surface area contributed by atoms with Crippen molar-refractivity contribution in [2.75, 3.05) is 0 Å². The third-order valence-electron chi connectivity index (χ3n) is 4.02. The Labute approximate surface area is 154 Å². The van der Waals surface area contributed by atoms with E-state index < -0.39 is 0 Å². The molecule has 1 N–H and O–H groups in total. The molecule has 0 spiro atoms. The number of hydrogen-bond donors (Lipinski definition) is 1. The van der Waals surface area contributed by atoms with Gasteiger partial charge in [-0.2, -0.15) is 0 Å². The number of Topliss-reactive ketones (excluding diaryl/α,β-unsaturated/α-hetero) is 1. The van der Waals surface area contributed by atoms with Crippen molar-refractivity contribution in [2.24, 2.45) is 0 Å². The van der Waals surface area contributed by atoms with Gasteiger partial charge in [0.15, 0.2) is 5.78 Å². The lowest BCUT2D eigenvalue weighted by atomic mass is 10.0. The molecule has 0 aliphatic carbocycles. The lowest BCUT2D eigenvalue weighted by molar-refractivity contribution is -0.121. The average molecular weight is 369 g/mol.